The van der Waals surface area contributed by atoms with Gasteiger partial charge in [-0.3, -0.25) is 9.78 Å². The van der Waals surface area contributed by atoms with Crippen molar-refractivity contribution in [2.24, 2.45) is 0 Å². The number of aromatic nitrogens is 1. The van der Waals surface area contributed by atoms with Gasteiger partial charge in [0, 0.05) is 24.4 Å². The molecule has 1 unspecified atom stereocenters. The first-order valence-electron chi connectivity index (χ1n) is 5.02. The molecule has 15 heavy (non-hydrogen) atoms. The molecule has 1 aliphatic rings. The zero-order chi connectivity index (χ0) is 10.8. The van der Waals surface area contributed by atoms with Gasteiger partial charge in [-0.05, 0) is 24.6 Å². The molecule has 0 aliphatic carbocycles. The molecule has 0 aromatic carbocycles. The highest BCUT2D eigenvalue weighted by Crippen LogP contribution is 2.18. The van der Waals surface area contributed by atoms with Crippen molar-refractivity contribution in [1.29, 1.82) is 0 Å². The van der Waals surface area contributed by atoms with Gasteiger partial charge in [0.25, 0.3) is 0 Å². The number of pyridine rings is 1. The third-order valence-corrected chi connectivity index (χ3v) is 2.86. The summed E-state index contributed by atoms with van der Waals surface area (Å²) in [6, 6.07) is 3.97. The van der Waals surface area contributed by atoms with E-state index < -0.39 is 0 Å². The number of rotatable bonds is 2. The normalized spacial score (nSPS) is 21.1. The largest absolute Gasteiger partial charge is 0.336 e. The van der Waals surface area contributed by atoms with Gasteiger partial charge in [-0.25, -0.2) is 0 Å². The molecular weight excluding hydrogens is 208 g/mol. The highest BCUT2D eigenvalue weighted by Gasteiger charge is 2.27. The summed E-state index contributed by atoms with van der Waals surface area (Å²) in [5.41, 5.74) is 2.12. The van der Waals surface area contributed by atoms with Crippen LogP contribution in [0.5, 0.6) is 0 Å². The highest BCUT2D eigenvalue weighted by atomic mass is 32.1. The lowest BCUT2D eigenvalue weighted by atomic mass is 10.2. The maximum atomic E-state index is 11.5. The fourth-order valence-corrected chi connectivity index (χ4v) is 2.14. The zero-order valence-corrected chi connectivity index (χ0v) is 9.58. The molecule has 1 atom stereocenters. The molecule has 1 aliphatic heterocycles. The summed E-state index contributed by atoms with van der Waals surface area (Å²) in [4.78, 5) is 17.6. The number of thiol groups is 1. The Labute approximate surface area is 94.9 Å². The van der Waals surface area contributed by atoms with Crippen LogP contribution in [0.15, 0.2) is 18.3 Å². The first-order valence-corrected chi connectivity index (χ1v) is 5.54. The predicted molar refractivity (Wildman–Crippen MR) is 61.8 cm³/mol. The van der Waals surface area contributed by atoms with E-state index in [0.717, 1.165) is 12.2 Å². The molecule has 0 N–H and O–H groups in total. The molecule has 80 valence electrons. The fourth-order valence-electron chi connectivity index (χ4n) is 1.78. The summed E-state index contributed by atoms with van der Waals surface area (Å²) in [6.45, 7) is 3.37. The van der Waals surface area contributed by atoms with E-state index in [-0.39, 0.29) is 11.2 Å². The van der Waals surface area contributed by atoms with Gasteiger partial charge < -0.3 is 4.90 Å². The number of carbonyl (C=O) groups excluding carboxylic acids is 1. The van der Waals surface area contributed by atoms with E-state index in [2.05, 4.69) is 17.6 Å². The van der Waals surface area contributed by atoms with Crippen LogP contribution in [-0.2, 0) is 11.3 Å². The second kappa shape index (κ2) is 4.23. The molecule has 1 aromatic heterocycles. The lowest BCUT2D eigenvalue weighted by Crippen LogP contribution is -2.25. The Morgan fingerprint density at radius 2 is 2.47 bits per heavy atom. The van der Waals surface area contributed by atoms with Crippen LogP contribution in [0, 0.1) is 6.92 Å². The van der Waals surface area contributed by atoms with Gasteiger partial charge in [0.1, 0.15) is 0 Å². The van der Waals surface area contributed by atoms with E-state index in [1.54, 1.807) is 6.20 Å². The maximum absolute atomic E-state index is 11.5. The minimum atomic E-state index is 0.179. The second-order valence-electron chi connectivity index (χ2n) is 3.96. The van der Waals surface area contributed by atoms with Gasteiger partial charge in [-0.2, -0.15) is 12.6 Å². The van der Waals surface area contributed by atoms with E-state index in [9.17, 15) is 4.79 Å². The Bertz CT molecular complexity index is 381. The number of carbonyl (C=O) groups is 1. The molecule has 2 rings (SSSR count). The zero-order valence-electron chi connectivity index (χ0n) is 8.68. The van der Waals surface area contributed by atoms with Crippen LogP contribution >= 0.6 is 12.6 Å². The molecule has 1 aromatic rings. The topological polar surface area (TPSA) is 33.2 Å². The molecule has 0 spiro atoms. The molecule has 0 bridgehead atoms. The summed E-state index contributed by atoms with van der Waals surface area (Å²) in [7, 11) is 0. The molecule has 2 heterocycles. The van der Waals surface area contributed by atoms with Crippen molar-refractivity contribution in [3.05, 3.63) is 29.6 Å². The van der Waals surface area contributed by atoms with Crippen LogP contribution in [0.1, 0.15) is 17.7 Å². The molecular formula is C11H14N2OS. The van der Waals surface area contributed by atoms with Gasteiger partial charge in [-0.1, -0.05) is 0 Å². The second-order valence-corrected chi connectivity index (χ2v) is 4.69. The number of hydrogen-bond donors (Lipinski definition) is 1. The molecule has 0 radical (unpaired) electrons. The minimum Gasteiger partial charge on any atom is -0.336 e. The van der Waals surface area contributed by atoms with Gasteiger partial charge in [0.2, 0.25) is 5.91 Å². The Hall–Kier alpha value is -1.03. The van der Waals surface area contributed by atoms with Gasteiger partial charge in [0.05, 0.1) is 12.2 Å². The molecule has 4 heteroatoms. The smallest absolute Gasteiger partial charge is 0.224 e. The van der Waals surface area contributed by atoms with E-state index >= 15 is 0 Å². The quantitative estimate of drug-likeness (QED) is 0.768. The summed E-state index contributed by atoms with van der Waals surface area (Å²) in [5, 5.41) is 0.183. The Morgan fingerprint density at radius 3 is 3.07 bits per heavy atom. The molecule has 1 amide bonds. The van der Waals surface area contributed by atoms with Crippen molar-refractivity contribution in [3.8, 4) is 0 Å². The van der Waals surface area contributed by atoms with Gasteiger partial charge in [0.15, 0.2) is 0 Å². The summed E-state index contributed by atoms with van der Waals surface area (Å²) >= 11 is 4.31. The predicted octanol–water partition coefficient (Wildman–Crippen LogP) is 1.42. The number of amides is 1. The average molecular weight is 222 g/mol. The minimum absolute atomic E-state index is 0.179. The lowest BCUT2D eigenvalue weighted by Gasteiger charge is -2.15. The molecule has 0 saturated carbocycles. The van der Waals surface area contributed by atoms with Crippen molar-refractivity contribution in [2.75, 3.05) is 6.54 Å². The Morgan fingerprint density at radius 1 is 1.67 bits per heavy atom. The summed E-state index contributed by atoms with van der Waals surface area (Å²) in [5.74, 6) is 0.179. The number of likely N-dealkylation sites (tertiary alicyclic amines) is 1. The van der Waals surface area contributed by atoms with E-state index in [4.69, 9.17) is 0 Å². The third kappa shape index (κ3) is 2.50. The van der Waals surface area contributed by atoms with Crippen LogP contribution in [-0.4, -0.2) is 27.6 Å². The van der Waals surface area contributed by atoms with E-state index in [0.29, 0.717) is 13.0 Å². The monoisotopic (exact) mass is 222 g/mol. The van der Waals surface area contributed by atoms with E-state index in [1.165, 1.54) is 5.56 Å². The maximum Gasteiger partial charge on any atom is 0.224 e. The van der Waals surface area contributed by atoms with Crippen molar-refractivity contribution < 1.29 is 4.79 Å². The van der Waals surface area contributed by atoms with Crippen LogP contribution < -0.4 is 0 Å². The first-order chi connectivity index (χ1) is 7.15. The lowest BCUT2D eigenvalue weighted by molar-refractivity contribution is -0.128. The molecule has 3 nitrogen and oxygen atoms in total. The average Bonchev–Trinajstić information content (AvgIpc) is 2.45. The highest BCUT2D eigenvalue weighted by molar-refractivity contribution is 7.81. The van der Waals surface area contributed by atoms with E-state index in [1.807, 2.05) is 24.0 Å². The van der Waals surface area contributed by atoms with Gasteiger partial charge >= 0.3 is 0 Å². The van der Waals surface area contributed by atoms with Gasteiger partial charge in [-0.15, -0.1) is 0 Å². The summed E-state index contributed by atoms with van der Waals surface area (Å²) < 4.78 is 0. The van der Waals surface area contributed by atoms with Crippen molar-refractivity contribution >= 4 is 18.5 Å². The number of nitrogens with zero attached hydrogens (tertiary/aromatic N) is 2. The molecule has 1 saturated heterocycles. The van der Waals surface area contributed by atoms with Crippen LogP contribution in [0.25, 0.3) is 0 Å². The Balaban J connectivity index is 2.06. The third-order valence-electron chi connectivity index (χ3n) is 2.52. The first kappa shape index (κ1) is 10.5. The SMILES string of the molecule is Cc1ccnc(CN2CC(S)CC2=O)c1. The van der Waals surface area contributed by atoms with Crippen LogP contribution in [0.2, 0.25) is 0 Å². The standard InChI is InChI=1S/C11H14N2OS/c1-8-2-3-12-9(4-8)6-13-7-10(15)5-11(13)14/h2-4,10,15H,5-7H2,1H3. The number of aryl methyl sites for hydroxylation is 1. The van der Waals surface area contributed by atoms with Crippen LogP contribution in [0.3, 0.4) is 0 Å². The van der Waals surface area contributed by atoms with Crippen molar-refractivity contribution in [3.63, 3.8) is 0 Å². The summed E-state index contributed by atoms with van der Waals surface area (Å²) in [6.07, 6.45) is 2.33. The van der Waals surface area contributed by atoms with Crippen molar-refractivity contribution in [2.45, 2.75) is 25.1 Å². The van der Waals surface area contributed by atoms with Crippen LogP contribution in [0.4, 0.5) is 0 Å². The number of hydrogen-bond acceptors (Lipinski definition) is 3. The molecule has 1 fully saturated rings. The fraction of sp³-hybridized carbons (Fsp3) is 0.455. The Kier molecular flexibility index (Phi) is 2.95. The van der Waals surface area contributed by atoms with Crippen molar-refractivity contribution in [1.82, 2.24) is 9.88 Å².